The molecule has 0 saturated heterocycles. The quantitative estimate of drug-likeness (QED) is 0.395. The first kappa shape index (κ1) is 25.9. The van der Waals surface area contributed by atoms with E-state index in [1.807, 2.05) is 39.0 Å². The van der Waals surface area contributed by atoms with Crippen LogP contribution in [0.25, 0.3) is 10.9 Å². The lowest BCUT2D eigenvalue weighted by atomic mass is 9.86. The normalized spacial score (nSPS) is 18.3. The molecule has 35 heavy (non-hydrogen) atoms. The zero-order chi connectivity index (χ0) is 25.6. The number of aliphatic hydroxyl groups excluding tert-OH is 1. The van der Waals surface area contributed by atoms with E-state index < -0.39 is 23.6 Å². The van der Waals surface area contributed by atoms with Gasteiger partial charge in [0, 0.05) is 28.8 Å². The number of fused-ring (bicyclic) bond motifs is 2. The maximum absolute atomic E-state index is 11.0. The molecular weight excluding hydrogens is 448 g/mol. The Labute approximate surface area is 203 Å². The van der Waals surface area contributed by atoms with Crippen molar-refractivity contribution >= 4 is 22.8 Å². The fraction of sp³-hybridized carbons (Fsp3) is 0.296. The van der Waals surface area contributed by atoms with Gasteiger partial charge in [0.25, 0.3) is 0 Å². The average Bonchev–Trinajstić information content (AvgIpc) is 2.80. The van der Waals surface area contributed by atoms with Crippen molar-refractivity contribution < 1.29 is 29.6 Å². The van der Waals surface area contributed by atoms with Gasteiger partial charge < -0.3 is 25.4 Å². The van der Waals surface area contributed by atoms with Crippen molar-refractivity contribution in [3.05, 3.63) is 83.6 Å². The van der Waals surface area contributed by atoms with E-state index >= 15 is 0 Å². The van der Waals surface area contributed by atoms with E-state index in [-0.39, 0.29) is 6.04 Å². The van der Waals surface area contributed by atoms with E-state index in [2.05, 4.69) is 46.7 Å². The van der Waals surface area contributed by atoms with Crippen LogP contribution >= 0.6 is 0 Å². The molecule has 4 rings (SSSR count). The summed E-state index contributed by atoms with van der Waals surface area (Å²) in [6, 6.07) is 18.4. The summed E-state index contributed by atoms with van der Waals surface area (Å²) >= 11 is 0. The second-order valence-corrected chi connectivity index (χ2v) is 8.86. The van der Waals surface area contributed by atoms with Gasteiger partial charge in [-0.2, -0.15) is 0 Å². The number of hydrogen-bond donors (Lipinski definition) is 4. The fourth-order valence-corrected chi connectivity index (χ4v) is 3.90. The summed E-state index contributed by atoms with van der Waals surface area (Å²) in [5, 5.41) is 31.2. The molecule has 0 spiro atoms. The smallest absolute Gasteiger partial charge is 0.328 e. The van der Waals surface area contributed by atoms with Gasteiger partial charge in [-0.25, -0.2) is 9.59 Å². The Morgan fingerprint density at radius 2 is 1.71 bits per heavy atom. The molecular formula is C27H30N2O6. The van der Waals surface area contributed by atoms with Crippen LogP contribution < -0.4 is 10.1 Å². The number of aromatic nitrogens is 1. The Morgan fingerprint density at radius 1 is 1.06 bits per heavy atom. The van der Waals surface area contributed by atoms with E-state index in [1.165, 1.54) is 5.56 Å². The van der Waals surface area contributed by atoms with Crippen molar-refractivity contribution in [1.82, 2.24) is 10.3 Å². The summed E-state index contributed by atoms with van der Waals surface area (Å²) < 4.78 is 6.15. The van der Waals surface area contributed by atoms with Crippen LogP contribution in [0.1, 0.15) is 36.7 Å². The highest BCUT2D eigenvalue weighted by Crippen LogP contribution is 2.41. The Balaban J connectivity index is 0.000000371. The molecule has 2 aromatic carbocycles. The van der Waals surface area contributed by atoms with Gasteiger partial charge in [-0.15, -0.1) is 0 Å². The lowest BCUT2D eigenvalue weighted by molar-refractivity contribution is -0.134. The van der Waals surface area contributed by atoms with Crippen molar-refractivity contribution in [1.29, 1.82) is 0 Å². The topological polar surface area (TPSA) is 129 Å². The summed E-state index contributed by atoms with van der Waals surface area (Å²) in [6.07, 6.45) is 1.37. The number of nitrogens with zero attached hydrogens (tertiary/aromatic N) is 1. The number of aryl methyl sites for hydroxylation is 1. The first-order chi connectivity index (χ1) is 16.6. The first-order valence-electron chi connectivity index (χ1n) is 11.3. The highest BCUT2D eigenvalue weighted by Gasteiger charge is 2.42. The number of nitrogens with one attached hydrogen (secondary N) is 1. The molecule has 1 aliphatic rings. The second kappa shape index (κ2) is 11.1. The van der Waals surface area contributed by atoms with Crippen molar-refractivity contribution in [2.24, 2.45) is 0 Å². The minimum Gasteiger partial charge on any atom is -0.485 e. The van der Waals surface area contributed by atoms with Gasteiger partial charge in [-0.1, -0.05) is 36.4 Å². The van der Waals surface area contributed by atoms with Gasteiger partial charge in [-0.3, -0.25) is 4.98 Å². The van der Waals surface area contributed by atoms with Crippen LogP contribution in [0.3, 0.4) is 0 Å². The summed E-state index contributed by atoms with van der Waals surface area (Å²) in [7, 11) is 0. The predicted molar refractivity (Wildman–Crippen MR) is 132 cm³/mol. The van der Waals surface area contributed by atoms with Gasteiger partial charge in [0.15, 0.2) is 0 Å². The number of carbonyl (C=O) groups is 2. The maximum Gasteiger partial charge on any atom is 0.328 e. The van der Waals surface area contributed by atoms with Gasteiger partial charge in [-0.05, 0) is 57.5 Å². The number of hydrogen-bond acceptors (Lipinski definition) is 6. The molecule has 0 saturated carbocycles. The second-order valence-electron chi connectivity index (χ2n) is 8.86. The highest BCUT2D eigenvalue weighted by molar-refractivity contribution is 5.89. The number of rotatable bonds is 6. The number of ether oxygens (including phenoxy) is 1. The van der Waals surface area contributed by atoms with Gasteiger partial charge in [0.1, 0.15) is 17.5 Å². The highest BCUT2D eigenvalue weighted by atomic mass is 16.5. The molecule has 0 bridgehead atoms. The van der Waals surface area contributed by atoms with Gasteiger partial charge in [0.2, 0.25) is 0 Å². The molecule has 1 aromatic heterocycles. The van der Waals surface area contributed by atoms with E-state index in [0.717, 1.165) is 40.9 Å². The minimum absolute atomic E-state index is 0.195. The molecule has 0 radical (unpaired) electrons. The third kappa shape index (κ3) is 6.88. The number of carboxylic acids is 2. The number of aliphatic hydroxyl groups is 1. The largest absolute Gasteiger partial charge is 0.485 e. The monoisotopic (exact) mass is 478 g/mol. The third-order valence-corrected chi connectivity index (χ3v) is 5.69. The molecule has 0 amide bonds. The van der Waals surface area contributed by atoms with Crippen LogP contribution in [0.4, 0.5) is 0 Å². The fourth-order valence-electron chi connectivity index (χ4n) is 3.90. The number of benzene rings is 2. The Morgan fingerprint density at radius 3 is 2.34 bits per heavy atom. The molecule has 3 aromatic rings. The van der Waals surface area contributed by atoms with Crippen molar-refractivity contribution in [2.75, 3.05) is 6.54 Å². The summed E-state index contributed by atoms with van der Waals surface area (Å²) in [5.41, 5.74) is 3.50. The van der Waals surface area contributed by atoms with E-state index in [1.54, 1.807) is 0 Å². The standard InChI is InChI=1S/C23H26N2O2.C4H4O4/c1-15-9-10-17-13-20-18(14-19(17)25-15)21(22(26)23(2,3)27-20)24-12-11-16-7-5-4-6-8-16;5-3(6)1-2-4(7)8/h4-10,13-14,21-22,24,26H,11-12H2,1-3H3;1-2H,(H,5,6)(H,7,8)/b;2-1-/t21-,22+;/m0./s1. The van der Waals surface area contributed by atoms with Crippen LogP contribution in [-0.4, -0.2) is 50.5 Å². The van der Waals surface area contributed by atoms with Crippen LogP contribution in [0, 0.1) is 6.92 Å². The van der Waals surface area contributed by atoms with E-state index in [4.69, 9.17) is 14.9 Å². The van der Waals surface area contributed by atoms with Crippen molar-refractivity contribution in [3.63, 3.8) is 0 Å². The molecule has 1 aliphatic heterocycles. The SMILES string of the molecule is Cc1ccc2cc3c(cc2n1)[C@H](NCCc1ccccc1)[C@@H](O)C(C)(C)O3.O=C(O)/C=C\C(=O)O. The maximum atomic E-state index is 11.0. The van der Waals surface area contributed by atoms with E-state index in [0.29, 0.717) is 12.2 Å². The molecule has 2 atom stereocenters. The number of carboxylic acid groups (broad SMARTS) is 2. The Kier molecular flexibility index (Phi) is 8.22. The third-order valence-electron chi connectivity index (χ3n) is 5.69. The molecule has 184 valence electrons. The van der Waals surface area contributed by atoms with Crippen LogP contribution in [0.15, 0.2) is 66.7 Å². The summed E-state index contributed by atoms with van der Waals surface area (Å²) in [4.78, 5) is 23.7. The van der Waals surface area contributed by atoms with Crippen LogP contribution in [-0.2, 0) is 16.0 Å². The molecule has 4 N–H and O–H groups in total. The molecule has 8 heteroatoms. The van der Waals surface area contributed by atoms with Gasteiger partial charge in [0.05, 0.1) is 11.6 Å². The summed E-state index contributed by atoms with van der Waals surface area (Å²) in [5.74, 6) is -1.69. The van der Waals surface area contributed by atoms with Crippen molar-refractivity contribution in [3.8, 4) is 5.75 Å². The first-order valence-corrected chi connectivity index (χ1v) is 11.3. The van der Waals surface area contributed by atoms with Crippen LogP contribution in [0.5, 0.6) is 5.75 Å². The van der Waals surface area contributed by atoms with Crippen molar-refractivity contribution in [2.45, 2.75) is 44.9 Å². The molecule has 0 unspecified atom stereocenters. The number of aliphatic carboxylic acids is 2. The lowest BCUT2D eigenvalue weighted by Crippen LogP contribution is -2.52. The predicted octanol–water partition coefficient (Wildman–Crippen LogP) is 3.66. The zero-order valence-electron chi connectivity index (χ0n) is 19.9. The molecule has 0 fully saturated rings. The molecule has 0 aliphatic carbocycles. The average molecular weight is 479 g/mol. The molecule has 8 nitrogen and oxygen atoms in total. The Hall–Kier alpha value is -3.75. The zero-order valence-corrected chi connectivity index (χ0v) is 19.9. The minimum atomic E-state index is -1.26. The summed E-state index contributed by atoms with van der Waals surface area (Å²) in [6.45, 7) is 6.64. The van der Waals surface area contributed by atoms with E-state index in [9.17, 15) is 14.7 Å². The Bertz CT molecular complexity index is 1210. The van der Waals surface area contributed by atoms with Gasteiger partial charge >= 0.3 is 11.9 Å². The number of pyridine rings is 1. The lowest BCUT2D eigenvalue weighted by Gasteiger charge is -2.42. The van der Waals surface area contributed by atoms with Crippen LogP contribution in [0.2, 0.25) is 0 Å². The molecule has 2 heterocycles.